The van der Waals surface area contributed by atoms with Crippen LogP contribution in [-0.4, -0.2) is 42.6 Å². The third-order valence-corrected chi connectivity index (χ3v) is 3.58. The predicted molar refractivity (Wildman–Crippen MR) is 91.2 cm³/mol. The molecule has 1 aromatic carbocycles. The minimum atomic E-state index is 0.101. The van der Waals surface area contributed by atoms with Crippen molar-refractivity contribution in [3.63, 3.8) is 0 Å². The van der Waals surface area contributed by atoms with Gasteiger partial charge in [0.15, 0.2) is 0 Å². The second-order valence-corrected chi connectivity index (χ2v) is 6.04. The summed E-state index contributed by atoms with van der Waals surface area (Å²) in [7, 11) is 0. The van der Waals surface area contributed by atoms with Gasteiger partial charge in [-0.25, -0.2) is 0 Å². The van der Waals surface area contributed by atoms with Crippen molar-refractivity contribution in [2.75, 3.05) is 19.7 Å². The smallest absolute Gasteiger partial charge is 0.220 e. The van der Waals surface area contributed by atoms with Gasteiger partial charge in [0.25, 0.3) is 0 Å². The number of ether oxygens (including phenoxy) is 1. The molecule has 1 aromatic rings. The summed E-state index contributed by atoms with van der Waals surface area (Å²) < 4.78 is 5.57. The molecule has 124 valence electrons. The zero-order valence-electron chi connectivity index (χ0n) is 14.3. The van der Waals surface area contributed by atoms with Crippen LogP contribution in [0.2, 0.25) is 0 Å². The van der Waals surface area contributed by atoms with Crippen molar-refractivity contribution >= 4 is 5.91 Å². The van der Waals surface area contributed by atoms with E-state index in [1.165, 1.54) is 0 Å². The molecule has 4 nitrogen and oxygen atoms in total. The van der Waals surface area contributed by atoms with Gasteiger partial charge < -0.3 is 10.1 Å². The van der Waals surface area contributed by atoms with Crippen LogP contribution in [-0.2, 0) is 4.79 Å². The molecule has 0 spiro atoms. The van der Waals surface area contributed by atoms with Crippen LogP contribution in [0.4, 0.5) is 0 Å². The fraction of sp³-hybridized carbons (Fsp3) is 0.611. The number of nitrogens with zero attached hydrogens (tertiary/aromatic N) is 1. The molecule has 0 aliphatic heterocycles. The van der Waals surface area contributed by atoms with Crippen LogP contribution in [0.15, 0.2) is 30.3 Å². The molecule has 0 unspecified atom stereocenters. The molecule has 4 heteroatoms. The number of hydrogen-bond acceptors (Lipinski definition) is 3. The summed E-state index contributed by atoms with van der Waals surface area (Å²) in [4.78, 5) is 14.2. The van der Waals surface area contributed by atoms with E-state index in [-0.39, 0.29) is 5.91 Å². The van der Waals surface area contributed by atoms with Gasteiger partial charge in [-0.05, 0) is 46.2 Å². The predicted octanol–water partition coefficient (Wildman–Crippen LogP) is 3.08. The van der Waals surface area contributed by atoms with Crippen LogP contribution in [0.1, 0.15) is 40.5 Å². The van der Waals surface area contributed by atoms with Crippen LogP contribution in [0.25, 0.3) is 0 Å². The minimum absolute atomic E-state index is 0.101. The summed E-state index contributed by atoms with van der Waals surface area (Å²) in [5.74, 6) is 0.955. The van der Waals surface area contributed by atoms with Gasteiger partial charge in [-0.3, -0.25) is 9.69 Å². The number of benzene rings is 1. The Labute approximate surface area is 134 Å². The van der Waals surface area contributed by atoms with Crippen molar-refractivity contribution in [2.45, 2.75) is 52.6 Å². The molecule has 0 bridgehead atoms. The Bertz CT molecular complexity index is 410. The van der Waals surface area contributed by atoms with Crippen molar-refractivity contribution in [2.24, 2.45) is 0 Å². The van der Waals surface area contributed by atoms with E-state index in [0.29, 0.717) is 31.7 Å². The first-order valence-electron chi connectivity index (χ1n) is 8.21. The Balaban J connectivity index is 2.11. The molecule has 0 saturated heterocycles. The maximum Gasteiger partial charge on any atom is 0.220 e. The summed E-state index contributed by atoms with van der Waals surface area (Å²) in [5.41, 5.74) is 0. The molecule has 1 rings (SSSR count). The summed E-state index contributed by atoms with van der Waals surface area (Å²) in [5, 5.41) is 2.99. The molecule has 0 heterocycles. The molecule has 1 N–H and O–H groups in total. The van der Waals surface area contributed by atoms with E-state index < -0.39 is 0 Å². The summed E-state index contributed by atoms with van der Waals surface area (Å²) in [6, 6.07) is 10.7. The first kappa shape index (κ1) is 18.5. The first-order chi connectivity index (χ1) is 10.5. The fourth-order valence-corrected chi connectivity index (χ4v) is 2.46. The number of carbonyl (C=O) groups is 1. The molecule has 1 amide bonds. The second-order valence-electron chi connectivity index (χ2n) is 6.04. The van der Waals surface area contributed by atoms with Crippen LogP contribution >= 0.6 is 0 Å². The van der Waals surface area contributed by atoms with E-state index in [4.69, 9.17) is 4.74 Å². The van der Waals surface area contributed by atoms with E-state index in [1.807, 2.05) is 30.3 Å². The molecule has 0 aliphatic rings. The summed E-state index contributed by atoms with van der Waals surface area (Å²) >= 11 is 0. The lowest BCUT2D eigenvalue weighted by atomic mass is 10.2. The van der Waals surface area contributed by atoms with Crippen molar-refractivity contribution < 1.29 is 9.53 Å². The van der Waals surface area contributed by atoms with Crippen LogP contribution in [0.5, 0.6) is 5.75 Å². The third kappa shape index (κ3) is 7.46. The van der Waals surface area contributed by atoms with Crippen molar-refractivity contribution in [3.8, 4) is 5.75 Å². The van der Waals surface area contributed by atoms with Crippen LogP contribution < -0.4 is 10.1 Å². The van der Waals surface area contributed by atoms with Gasteiger partial charge in [0, 0.05) is 31.6 Å². The number of rotatable bonds is 10. The molecule has 0 fully saturated rings. The number of amides is 1. The number of carbonyl (C=O) groups excluding carboxylic acids is 1. The van der Waals surface area contributed by atoms with Crippen LogP contribution in [0.3, 0.4) is 0 Å². The Hall–Kier alpha value is -1.55. The van der Waals surface area contributed by atoms with E-state index in [9.17, 15) is 4.79 Å². The highest BCUT2D eigenvalue weighted by atomic mass is 16.5. The molecule has 0 radical (unpaired) electrons. The molecular formula is C18H30N2O2. The zero-order valence-corrected chi connectivity index (χ0v) is 14.3. The normalized spacial score (nSPS) is 11.2. The van der Waals surface area contributed by atoms with Crippen molar-refractivity contribution in [1.82, 2.24) is 10.2 Å². The van der Waals surface area contributed by atoms with Gasteiger partial charge >= 0.3 is 0 Å². The standard InChI is InChI=1S/C18H30N2O2/c1-15(2)20(16(3)4)13-12-19-18(21)11-8-14-22-17-9-6-5-7-10-17/h5-7,9-10,15-16H,8,11-14H2,1-4H3,(H,19,21). The third-order valence-electron chi connectivity index (χ3n) is 3.58. The minimum Gasteiger partial charge on any atom is -0.494 e. The molecule has 22 heavy (non-hydrogen) atoms. The monoisotopic (exact) mass is 306 g/mol. The molecular weight excluding hydrogens is 276 g/mol. The van der Waals surface area contributed by atoms with Crippen molar-refractivity contribution in [1.29, 1.82) is 0 Å². The lowest BCUT2D eigenvalue weighted by Crippen LogP contribution is -2.42. The zero-order chi connectivity index (χ0) is 16.4. The SMILES string of the molecule is CC(C)N(CCNC(=O)CCCOc1ccccc1)C(C)C. The van der Waals surface area contributed by atoms with Gasteiger partial charge in [0.05, 0.1) is 6.61 Å². The van der Waals surface area contributed by atoms with E-state index in [2.05, 4.69) is 37.9 Å². The second kappa shape index (κ2) is 10.2. The molecule has 0 aliphatic carbocycles. The largest absolute Gasteiger partial charge is 0.494 e. The lowest BCUT2D eigenvalue weighted by molar-refractivity contribution is -0.121. The van der Waals surface area contributed by atoms with Gasteiger partial charge in [-0.1, -0.05) is 18.2 Å². The fourth-order valence-electron chi connectivity index (χ4n) is 2.46. The molecule has 0 saturated carbocycles. The van der Waals surface area contributed by atoms with E-state index in [0.717, 1.165) is 18.7 Å². The maximum absolute atomic E-state index is 11.8. The quantitative estimate of drug-likeness (QED) is 0.675. The number of hydrogen-bond donors (Lipinski definition) is 1. The molecule has 0 atom stereocenters. The maximum atomic E-state index is 11.8. The highest BCUT2D eigenvalue weighted by Gasteiger charge is 2.12. The number of nitrogens with one attached hydrogen (secondary N) is 1. The Morgan fingerprint density at radius 2 is 1.77 bits per heavy atom. The Morgan fingerprint density at radius 1 is 1.14 bits per heavy atom. The molecule has 0 aromatic heterocycles. The van der Waals surface area contributed by atoms with Crippen LogP contribution in [0, 0.1) is 0 Å². The van der Waals surface area contributed by atoms with Gasteiger partial charge in [0.2, 0.25) is 5.91 Å². The highest BCUT2D eigenvalue weighted by molar-refractivity contribution is 5.75. The van der Waals surface area contributed by atoms with Gasteiger partial charge in [0.1, 0.15) is 5.75 Å². The Morgan fingerprint density at radius 3 is 2.36 bits per heavy atom. The number of para-hydroxylation sites is 1. The van der Waals surface area contributed by atoms with Gasteiger partial charge in [-0.15, -0.1) is 0 Å². The summed E-state index contributed by atoms with van der Waals surface area (Å²) in [6.45, 7) is 10.9. The summed E-state index contributed by atoms with van der Waals surface area (Å²) in [6.07, 6.45) is 1.25. The lowest BCUT2D eigenvalue weighted by Gasteiger charge is -2.30. The highest BCUT2D eigenvalue weighted by Crippen LogP contribution is 2.08. The van der Waals surface area contributed by atoms with Crippen molar-refractivity contribution in [3.05, 3.63) is 30.3 Å². The first-order valence-corrected chi connectivity index (χ1v) is 8.21. The average molecular weight is 306 g/mol. The Kier molecular flexibility index (Phi) is 8.60. The average Bonchev–Trinajstić information content (AvgIpc) is 2.48. The van der Waals surface area contributed by atoms with E-state index >= 15 is 0 Å². The van der Waals surface area contributed by atoms with E-state index in [1.54, 1.807) is 0 Å². The van der Waals surface area contributed by atoms with Gasteiger partial charge in [-0.2, -0.15) is 0 Å². The topological polar surface area (TPSA) is 41.6 Å².